The molecule has 6 nitrogen and oxygen atoms in total. The molecule has 0 spiro atoms. The van der Waals surface area contributed by atoms with E-state index in [0.717, 1.165) is 49.7 Å². The van der Waals surface area contributed by atoms with Gasteiger partial charge in [-0.3, -0.25) is 4.90 Å². The maximum absolute atomic E-state index is 6.18. The molecule has 0 amide bonds. The number of hydrogen-bond acceptors (Lipinski definition) is 6. The van der Waals surface area contributed by atoms with Crippen LogP contribution in [0.25, 0.3) is 0 Å². The number of anilines is 1. The summed E-state index contributed by atoms with van der Waals surface area (Å²) in [4.78, 5) is 6.72. The highest BCUT2D eigenvalue weighted by Crippen LogP contribution is 2.26. The quantitative estimate of drug-likeness (QED) is 0.829. The molecule has 0 radical (unpaired) electrons. The van der Waals surface area contributed by atoms with Gasteiger partial charge in [0.15, 0.2) is 0 Å². The number of morpholine rings is 1. The van der Waals surface area contributed by atoms with Gasteiger partial charge in [0, 0.05) is 43.5 Å². The molecule has 1 aliphatic heterocycles. The molecule has 2 N–H and O–H groups in total. The number of hydrogen-bond donors (Lipinski definition) is 1. The Labute approximate surface area is 148 Å². The van der Waals surface area contributed by atoms with Crippen LogP contribution in [0.3, 0.4) is 0 Å². The number of benzene rings is 1. The Morgan fingerprint density at radius 3 is 2.88 bits per heavy atom. The third-order valence-electron chi connectivity index (χ3n) is 4.32. The van der Waals surface area contributed by atoms with Crippen LogP contribution in [0.1, 0.15) is 11.1 Å². The number of nitrogen functional groups attached to an aromatic ring is 1. The molecule has 3 rings (SSSR count). The lowest BCUT2D eigenvalue weighted by Gasteiger charge is -2.26. The second kappa shape index (κ2) is 8.69. The van der Waals surface area contributed by atoms with Crippen molar-refractivity contribution in [2.24, 2.45) is 0 Å². The largest absolute Gasteiger partial charge is 0.497 e. The van der Waals surface area contributed by atoms with Crippen molar-refractivity contribution in [3.8, 4) is 11.6 Å². The fraction of sp³-hybridized carbons (Fsp3) is 0.421. The first kappa shape index (κ1) is 17.5. The van der Waals surface area contributed by atoms with Crippen molar-refractivity contribution in [2.45, 2.75) is 6.42 Å². The van der Waals surface area contributed by atoms with Gasteiger partial charge in [-0.25, -0.2) is 4.98 Å². The first-order valence-electron chi connectivity index (χ1n) is 8.55. The standard InChI is InChI=1S/C19H25N3O3/c1-23-16-4-2-3-15(13-16)14-17-18(20)5-6-21-19(17)25-12-9-22-7-10-24-11-8-22/h2-6,13H,7-12,14H2,1H3,(H2,20,21). The Hall–Kier alpha value is -2.31. The van der Waals surface area contributed by atoms with E-state index in [4.69, 9.17) is 19.9 Å². The van der Waals surface area contributed by atoms with Crippen LogP contribution in [0, 0.1) is 0 Å². The molecule has 0 atom stereocenters. The zero-order valence-electron chi connectivity index (χ0n) is 14.6. The van der Waals surface area contributed by atoms with Crippen LogP contribution in [0.15, 0.2) is 36.5 Å². The average Bonchev–Trinajstić information content (AvgIpc) is 2.65. The third-order valence-corrected chi connectivity index (χ3v) is 4.32. The van der Waals surface area contributed by atoms with Gasteiger partial charge in [0.25, 0.3) is 0 Å². The van der Waals surface area contributed by atoms with Crippen molar-refractivity contribution in [3.63, 3.8) is 0 Å². The van der Waals surface area contributed by atoms with Gasteiger partial charge in [-0.1, -0.05) is 12.1 Å². The molecular weight excluding hydrogens is 318 g/mol. The van der Waals surface area contributed by atoms with Crippen molar-refractivity contribution in [2.75, 3.05) is 52.3 Å². The van der Waals surface area contributed by atoms with Crippen LogP contribution in [0.5, 0.6) is 11.6 Å². The summed E-state index contributed by atoms with van der Waals surface area (Å²) in [7, 11) is 1.66. The number of nitrogens with zero attached hydrogens (tertiary/aromatic N) is 2. The minimum Gasteiger partial charge on any atom is -0.497 e. The number of nitrogens with two attached hydrogens (primary N) is 1. The van der Waals surface area contributed by atoms with E-state index in [0.29, 0.717) is 24.6 Å². The summed E-state index contributed by atoms with van der Waals surface area (Å²) >= 11 is 0. The summed E-state index contributed by atoms with van der Waals surface area (Å²) in [5.74, 6) is 1.44. The highest BCUT2D eigenvalue weighted by atomic mass is 16.5. The Morgan fingerprint density at radius 2 is 2.08 bits per heavy atom. The highest BCUT2D eigenvalue weighted by Gasteiger charge is 2.13. The summed E-state index contributed by atoms with van der Waals surface area (Å²) < 4.78 is 16.6. The van der Waals surface area contributed by atoms with E-state index in [1.165, 1.54) is 0 Å². The maximum Gasteiger partial charge on any atom is 0.218 e. The molecular formula is C19H25N3O3. The van der Waals surface area contributed by atoms with Crippen LogP contribution in [-0.4, -0.2) is 56.4 Å². The van der Waals surface area contributed by atoms with Gasteiger partial charge in [-0.05, 0) is 23.8 Å². The average molecular weight is 343 g/mol. The van der Waals surface area contributed by atoms with E-state index in [1.807, 2.05) is 30.3 Å². The molecule has 1 fully saturated rings. The Balaban J connectivity index is 1.66. The van der Waals surface area contributed by atoms with Crippen molar-refractivity contribution in [3.05, 3.63) is 47.7 Å². The fourth-order valence-electron chi connectivity index (χ4n) is 2.87. The third kappa shape index (κ3) is 4.84. The molecule has 1 aromatic carbocycles. The van der Waals surface area contributed by atoms with Gasteiger partial charge in [0.2, 0.25) is 5.88 Å². The van der Waals surface area contributed by atoms with E-state index in [1.54, 1.807) is 13.3 Å². The summed E-state index contributed by atoms with van der Waals surface area (Å²) in [6, 6.07) is 9.76. The summed E-state index contributed by atoms with van der Waals surface area (Å²) in [5, 5.41) is 0. The minimum atomic E-state index is 0.585. The minimum absolute atomic E-state index is 0.585. The Morgan fingerprint density at radius 1 is 1.24 bits per heavy atom. The van der Waals surface area contributed by atoms with Gasteiger partial charge in [-0.15, -0.1) is 0 Å². The van der Waals surface area contributed by atoms with Crippen molar-refractivity contribution in [1.82, 2.24) is 9.88 Å². The van der Waals surface area contributed by atoms with Gasteiger partial charge in [0.1, 0.15) is 12.4 Å². The number of aromatic nitrogens is 1. The number of methoxy groups -OCH3 is 1. The molecule has 1 aliphatic rings. The molecule has 2 aromatic rings. The molecule has 6 heteroatoms. The molecule has 0 unspecified atom stereocenters. The molecule has 25 heavy (non-hydrogen) atoms. The second-order valence-electron chi connectivity index (χ2n) is 6.01. The van der Waals surface area contributed by atoms with Gasteiger partial charge in [-0.2, -0.15) is 0 Å². The lowest BCUT2D eigenvalue weighted by atomic mass is 10.0. The van der Waals surface area contributed by atoms with E-state index in [-0.39, 0.29) is 0 Å². The predicted molar refractivity (Wildman–Crippen MR) is 97.2 cm³/mol. The summed E-state index contributed by atoms with van der Waals surface area (Å²) in [6.07, 6.45) is 2.35. The molecule has 134 valence electrons. The molecule has 0 saturated carbocycles. The Bertz CT molecular complexity index is 687. The molecule has 0 aliphatic carbocycles. The molecule has 1 saturated heterocycles. The van der Waals surface area contributed by atoms with E-state index >= 15 is 0 Å². The predicted octanol–water partition coefficient (Wildman–Crippen LogP) is 1.97. The van der Waals surface area contributed by atoms with Crippen molar-refractivity contribution < 1.29 is 14.2 Å². The van der Waals surface area contributed by atoms with E-state index < -0.39 is 0 Å². The van der Waals surface area contributed by atoms with E-state index in [9.17, 15) is 0 Å². The number of pyridine rings is 1. The fourth-order valence-corrected chi connectivity index (χ4v) is 2.87. The normalized spacial score (nSPS) is 15.1. The van der Waals surface area contributed by atoms with Crippen LogP contribution in [0.4, 0.5) is 5.69 Å². The lowest BCUT2D eigenvalue weighted by Crippen LogP contribution is -2.38. The summed E-state index contributed by atoms with van der Waals surface area (Å²) in [6.45, 7) is 4.92. The second-order valence-corrected chi connectivity index (χ2v) is 6.01. The van der Waals surface area contributed by atoms with Crippen LogP contribution < -0.4 is 15.2 Å². The van der Waals surface area contributed by atoms with Gasteiger partial charge < -0.3 is 19.9 Å². The monoisotopic (exact) mass is 343 g/mol. The van der Waals surface area contributed by atoms with Crippen molar-refractivity contribution in [1.29, 1.82) is 0 Å². The van der Waals surface area contributed by atoms with Crippen LogP contribution in [0.2, 0.25) is 0 Å². The van der Waals surface area contributed by atoms with Crippen LogP contribution in [-0.2, 0) is 11.2 Å². The molecule has 0 bridgehead atoms. The van der Waals surface area contributed by atoms with E-state index in [2.05, 4.69) is 9.88 Å². The summed E-state index contributed by atoms with van der Waals surface area (Å²) in [5.41, 5.74) is 8.89. The maximum atomic E-state index is 6.18. The number of rotatable bonds is 7. The Kier molecular flexibility index (Phi) is 6.09. The molecule has 2 heterocycles. The van der Waals surface area contributed by atoms with Gasteiger partial charge >= 0.3 is 0 Å². The van der Waals surface area contributed by atoms with Crippen LogP contribution >= 0.6 is 0 Å². The zero-order valence-corrected chi connectivity index (χ0v) is 14.6. The van der Waals surface area contributed by atoms with Gasteiger partial charge in [0.05, 0.1) is 20.3 Å². The first-order chi connectivity index (χ1) is 12.3. The zero-order chi connectivity index (χ0) is 17.5. The topological polar surface area (TPSA) is 69.8 Å². The van der Waals surface area contributed by atoms with Crippen molar-refractivity contribution >= 4 is 5.69 Å². The number of ether oxygens (including phenoxy) is 3. The SMILES string of the molecule is COc1cccc(Cc2c(N)ccnc2OCCN2CCOCC2)c1. The first-order valence-corrected chi connectivity index (χ1v) is 8.55. The highest BCUT2D eigenvalue weighted by molar-refractivity contribution is 5.53. The lowest BCUT2D eigenvalue weighted by molar-refractivity contribution is 0.0319. The molecule has 1 aromatic heterocycles. The smallest absolute Gasteiger partial charge is 0.218 e.